The van der Waals surface area contributed by atoms with E-state index >= 15 is 0 Å². The smallest absolute Gasteiger partial charge is 0.218 e. The topological polar surface area (TPSA) is 87.2 Å². The number of nitrogens with zero attached hydrogens (tertiary/aromatic N) is 8. The number of hydrogen-bond donors (Lipinski definition) is 0. The number of hydrogen-bond acceptors (Lipinski definition) is 6. The summed E-state index contributed by atoms with van der Waals surface area (Å²) in [5.41, 5.74) is 2.21. The van der Waals surface area contributed by atoms with Crippen molar-refractivity contribution in [2.45, 2.75) is 13.1 Å². The summed E-state index contributed by atoms with van der Waals surface area (Å²) in [5.74, 6) is 1.08. The fourth-order valence-corrected chi connectivity index (χ4v) is 2.46. The summed E-state index contributed by atoms with van der Waals surface area (Å²) in [6.45, 7) is 1.11. The van der Waals surface area contributed by atoms with E-state index in [0.29, 0.717) is 24.7 Å². The van der Waals surface area contributed by atoms with Crippen molar-refractivity contribution in [1.29, 1.82) is 0 Å². The fraction of sp³-hybridized carbons (Fsp3) is 0.125. The van der Waals surface area contributed by atoms with Crippen molar-refractivity contribution in [2.75, 3.05) is 0 Å². The Morgan fingerprint density at radius 1 is 0.583 bits per heavy atom. The molecule has 8 nitrogen and oxygen atoms in total. The first-order chi connectivity index (χ1) is 11.9. The Morgan fingerprint density at radius 3 is 1.42 bits per heavy atom. The molecule has 0 atom stereocenters. The van der Waals surface area contributed by atoms with E-state index in [1.165, 1.54) is 0 Å². The highest BCUT2D eigenvalue weighted by molar-refractivity contribution is 5.41. The maximum absolute atomic E-state index is 4.10. The van der Waals surface area contributed by atoms with Crippen molar-refractivity contribution in [2.24, 2.45) is 0 Å². The van der Waals surface area contributed by atoms with Gasteiger partial charge < -0.3 is 0 Å². The van der Waals surface area contributed by atoms with Crippen LogP contribution in [-0.2, 0) is 13.1 Å². The predicted octanol–water partition coefficient (Wildman–Crippen LogP) is 1.42. The normalized spacial score (nSPS) is 10.8. The Labute approximate surface area is 137 Å². The lowest BCUT2D eigenvalue weighted by Crippen LogP contribution is -2.10. The van der Waals surface area contributed by atoms with Gasteiger partial charge in [0.1, 0.15) is 0 Å². The van der Waals surface area contributed by atoms with Gasteiger partial charge in [0.05, 0.1) is 13.1 Å². The fourth-order valence-electron chi connectivity index (χ4n) is 2.46. The average molecular weight is 318 g/mol. The van der Waals surface area contributed by atoms with Crippen LogP contribution in [0.4, 0.5) is 0 Å². The lowest BCUT2D eigenvalue weighted by atomic mass is 10.2. The monoisotopic (exact) mass is 318 g/mol. The van der Waals surface area contributed by atoms with E-state index in [1.54, 1.807) is 9.36 Å². The molecule has 0 saturated heterocycles. The molecule has 4 aromatic rings. The van der Waals surface area contributed by atoms with Crippen LogP contribution in [0.5, 0.6) is 0 Å². The van der Waals surface area contributed by atoms with E-state index in [1.807, 2.05) is 60.7 Å². The molecule has 118 valence electrons. The molecule has 0 N–H and O–H groups in total. The van der Waals surface area contributed by atoms with E-state index in [-0.39, 0.29) is 0 Å². The van der Waals surface area contributed by atoms with Gasteiger partial charge in [-0.1, -0.05) is 60.7 Å². The summed E-state index contributed by atoms with van der Waals surface area (Å²) >= 11 is 0. The zero-order chi connectivity index (χ0) is 16.2. The van der Waals surface area contributed by atoms with E-state index in [9.17, 15) is 0 Å². The molecule has 0 amide bonds. The minimum Gasteiger partial charge on any atom is -0.218 e. The molecule has 0 saturated carbocycles. The van der Waals surface area contributed by atoms with Crippen LogP contribution in [0.2, 0.25) is 0 Å². The quantitative estimate of drug-likeness (QED) is 0.553. The summed E-state index contributed by atoms with van der Waals surface area (Å²) in [5, 5.41) is 23.9. The number of tetrazole rings is 2. The maximum Gasteiger partial charge on any atom is 0.221 e. The molecule has 2 heterocycles. The molecule has 4 rings (SSSR count). The minimum atomic E-state index is 0.541. The molecule has 0 aliphatic heterocycles. The first kappa shape index (κ1) is 14.2. The summed E-state index contributed by atoms with van der Waals surface area (Å²) < 4.78 is 3.39. The highest BCUT2D eigenvalue weighted by Gasteiger charge is 2.17. The second kappa shape index (κ2) is 6.37. The summed E-state index contributed by atoms with van der Waals surface area (Å²) in [6, 6.07) is 20.0. The Hall–Kier alpha value is -3.42. The first-order valence-corrected chi connectivity index (χ1v) is 7.51. The molecule has 0 spiro atoms. The minimum absolute atomic E-state index is 0.541. The molecular formula is C16H14N8. The van der Waals surface area contributed by atoms with Gasteiger partial charge in [-0.05, 0) is 32.0 Å². The summed E-state index contributed by atoms with van der Waals surface area (Å²) in [6.07, 6.45) is 0. The average Bonchev–Trinajstić information content (AvgIpc) is 3.26. The van der Waals surface area contributed by atoms with Crippen molar-refractivity contribution in [3.8, 4) is 11.6 Å². The van der Waals surface area contributed by atoms with Crippen molar-refractivity contribution < 1.29 is 0 Å². The third kappa shape index (κ3) is 2.89. The van der Waals surface area contributed by atoms with Crippen LogP contribution in [-0.4, -0.2) is 40.4 Å². The Morgan fingerprint density at radius 2 is 1.00 bits per heavy atom. The van der Waals surface area contributed by atoms with Crippen LogP contribution in [0, 0.1) is 0 Å². The van der Waals surface area contributed by atoms with E-state index in [0.717, 1.165) is 11.1 Å². The number of rotatable bonds is 5. The van der Waals surface area contributed by atoms with Crippen LogP contribution in [0.3, 0.4) is 0 Å². The third-order valence-electron chi connectivity index (χ3n) is 3.61. The van der Waals surface area contributed by atoms with Gasteiger partial charge in [0.25, 0.3) is 0 Å². The summed E-state index contributed by atoms with van der Waals surface area (Å²) in [7, 11) is 0. The zero-order valence-corrected chi connectivity index (χ0v) is 12.8. The van der Waals surface area contributed by atoms with Gasteiger partial charge in [-0.3, -0.25) is 0 Å². The van der Waals surface area contributed by atoms with Gasteiger partial charge in [0.15, 0.2) is 0 Å². The largest absolute Gasteiger partial charge is 0.221 e. The standard InChI is InChI=1S/C16H14N8/c1-3-7-13(8-4-1)11-23-15(17-19-21-23)16-18-20-22-24(16)12-14-9-5-2-6-10-14/h1-10H,11-12H2. The highest BCUT2D eigenvalue weighted by Crippen LogP contribution is 2.14. The lowest BCUT2D eigenvalue weighted by molar-refractivity contribution is 0.630. The van der Waals surface area contributed by atoms with Crippen molar-refractivity contribution in [3.05, 3.63) is 71.8 Å². The van der Waals surface area contributed by atoms with E-state index in [2.05, 4.69) is 31.1 Å². The molecule has 2 aromatic heterocycles. The Balaban J connectivity index is 1.64. The maximum atomic E-state index is 4.10. The molecule has 0 radical (unpaired) electrons. The van der Waals surface area contributed by atoms with Gasteiger partial charge in [0, 0.05) is 0 Å². The molecule has 0 aliphatic carbocycles. The SMILES string of the molecule is c1ccc(Cn2nnnc2-c2nnnn2Cc2ccccc2)cc1. The third-order valence-corrected chi connectivity index (χ3v) is 3.61. The van der Waals surface area contributed by atoms with Gasteiger partial charge >= 0.3 is 0 Å². The van der Waals surface area contributed by atoms with Crippen molar-refractivity contribution >= 4 is 0 Å². The molecule has 0 aliphatic rings. The summed E-state index contributed by atoms with van der Waals surface area (Å²) in [4.78, 5) is 0. The number of benzene rings is 2. The lowest BCUT2D eigenvalue weighted by Gasteiger charge is -2.06. The van der Waals surface area contributed by atoms with E-state index in [4.69, 9.17) is 0 Å². The van der Waals surface area contributed by atoms with Crippen molar-refractivity contribution in [1.82, 2.24) is 40.4 Å². The van der Waals surface area contributed by atoms with Crippen LogP contribution < -0.4 is 0 Å². The highest BCUT2D eigenvalue weighted by atomic mass is 15.6. The number of aromatic nitrogens is 8. The van der Waals surface area contributed by atoms with Gasteiger partial charge in [-0.2, -0.15) is 0 Å². The molecule has 0 unspecified atom stereocenters. The van der Waals surface area contributed by atoms with Gasteiger partial charge in [-0.25, -0.2) is 9.36 Å². The molecule has 24 heavy (non-hydrogen) atoms. The molecule has 0 fully saturated rings. The molecular weight excluding hydrogens is 304 g/mol. The molecule has 8 heteroatoms. The van der Waals surface area contributed by atoms with Crippen molar-refractivity contribution in [3.63, 3.8) is 0 Å². The Bertz CT molecular complexity index is 836. The van der Waals surface area contributed by atoms with Crippen LogP contribution in [0.1, 0.15) is 11.1 Å². The molecule has 2 aromatic carbocycles. The van der Waals surface area contributed by atoms with Gasteiger partial charge in [-0.15, -0.1) is 10.2 Å². The van der Waals surface area contributed by atoms with E-state index < -0.39 is 0 Å². The predicted molar refractivity (Wildman–Crippen MR) is 85.7 cm³/mol. The second-order valence-corrected chi connectivity index (χ2v) is 5.29. The molecule has 0 bridgehead atoms. The van der Waals surface area contributed by atoms with Crippen LogP contribution in [0.15, 0.2) is 60.7 Å². The van der Waals surface area contributed by atoms with Gasteiger partial charge in [0.2, 0.25) is 11.6 Å². The first-order valence-electron chi connectivity index (χ1n) is 7.51. The zero-order valence-electron chi connectivity index (χ0n) is 12.8. The van der Waals surface area contributed by atoms with Crippen LogP contribution >= 0.6 is 0 Å². The van der Waals surface area contributed by atoms with Crippen LogP contribution in [0.25, 0.3) is 11.6 Å². The second-order valence-electron chi connectivity index (χ2n) is 5.29. The Kier molecular flexibility index (Phi) is 3.77.